The molecule has 1 N–H and O–H groups in total. The maximum absolute atomic E-state index is 13.9. The SMILES string of the molecule is O=C(Nc1cc(F)cc(N2CCOCC2)c1)c1ccc(Cl)cc1. The van der Waals surface area contributed by atoms with Crippen LogP contribution in [0.5, 0.6) is 0 Å². The summed E-state index contributed by atoms with van der Waals surface area (Å²) in [6.07, 6.45) is 0. The Kier molecular flexibility index (Phi) is 4.79. The summed E-state index contributed by atoms with van der Waals surface area (Å²) in [4.78, 5) is 14.2. The highest BCUT2D eigenvalue weighted by molar-refractivity contribution is 6.30. The minimum absolute atomic E-state index is 0.305. The molecule has 1 fully saturated rings. The molecule has 1 amide bonds. The van der Waals surface area contributed by atoms with Crippen molar-refractivity contribution in [3.63, 3.8) is 0 Å². The maximum Gasteiger partial charge on any atom is 0.255 e. The van der Waals surface area contributed by atoms with Crippen molar-refractivity contribution in [2.45, 2.75) is 0 Å². The molecule has 0 saturated carbocycles. The highest BCUT2D eigenvalue weighted by Crippen LogP contribution is 2.23. The van der Waals surface area contributed by atoms with Crippen molar-refractivity contribution in [2.75, 3.05) is 36.5 Å². The summed E-state index contributed by atoms with van der Waals surface area (Å²) in [5.74, 6) is -0.694. The molecule has 2 aromatic rings. The number of nitrogens with zero attached hydrogens (tertiary/aromatic N) is 1. The van der Waals surface area contributed by atoms with E-state index >= 15 is 0 Å². The molecular weight excluding hydrogens is 319 g/mol. The Labute approximate surface area is 138 Å². The third-order valence-electron chi connectivity index (χ3n) is 3.62. The Morgan fingerprint density at radius 1 is 1.13 bits per heavy atom. The summed E-state index contributed by atoms with van der Waals surface area (Å²) in [7, 11) is 0. The van der Waals surface area contributed by atoms with Gasteiger partial charge in [0, 0.05) is 35.1 Å². The highest BCUT2D eigenvalue weighted by atomic mass is 35.5. The molecule has 1 aliphatic rings. The monoisotopic (exact) mass is 334 g/mol. The number of morpholine rings is 1. The van der Waals surface area contributed by atoms with E-state index in [2.05, 4.69) is 5.32 Å². The zero-order valence-corrected chi connectivity index (χ0v) is 13.1. The van der Waals surface area contributed by atoms with Crippen molar-refractivity contribution in [3.05, 3.63) is 58.9 Å². The maximum atomic E-state index is 13.9. The van der Waals surface area contributed by atoms with Crippen molar-refractivity contribution in [1.82, 2.24) is 0 Å². The Balaban J connectivity index is 1.78. The van der Waals surface area contributed by atoms with Gasteiger partial charge in [-0.05, 0) is 42.5 Å². The van der Waals surface area contributed by atoms with Gasteiger partial charge in [0.05, 0.1) is 13.2 Å². The molecule has 6 heteroatoms. The van der Waals surface area contributed by atoms with Gasteiger partial charge in [-0.15, -0.1) is 0 Å². The summed E-state index contributed by atoms with van der Waals surface area (Å²) in [5.41, 5.74) is 1.62. The lowest BCUT2D eigenvalue weighted by Crippen LogP contribution is -2.36. The first-order valence-electron chi connectivity index (χ1n) is 7.32. The molecule has 0 aliphatic carbocycles. The zero-order chi connectivity index (χ0) is 16.2. The van der Waals surface area contributed by atoms with Gasteiger partial charge in [-0.1, -0.05) is 11.6 Å². The predicted octanol–water partition coefficient (Wildman–Crippen LogP) is 3.57. The second kappa shape index (κ2) is 6.98. The number of amides is 1. The smallest absolute Gasteiger partial charge is 0.255 e. The number of benzene rings is 2. The summed E-state index contributed by atoms with van der Waals surface area (Å²) < 4.78 is 19.2. The van der Waals surface area contributed by atoms with Crippen LogP contribution in [0, 0.1) is 5.82 Å². The van der Waals surface area contributed by atoms with E-state index in [1.807, 2.05) is 4.90 Å². The van der Waals surface area contributed by atoms with Crippen LogP contribution in [-0.4, -0.2) is 32.2 Å². The standard InChI is InChI=1S/C17H16ClFN2O2/c18-13-3-1-12(2-4-13)17(22)20-15-9-14(19)10-16(11-15)21-5-7-23-8-6-21/h1-4,9-11H,5-8H2,(H,20,22). The average Bonchev–Trinajstić information content (AvgIpc) is 2.55. The number of anilines is 2. The van der Waals surface area contributed by atoms with Crippen LogP contribution in [-0.2, 0) is 4.74 Å². The largest absolute Gasteiger partial charge is 0.378 e. The number of rotatable bonds is 3. The minimum Gasteiger partial charge on any atom is -0.378 e. The molecule has 1 heterocycles. The summed E-state index contributed by atoms with van der Waals surface area (Å²) in [6.45, 7) is 2.63. The predicted molar refractivity (Wildman–Crippen MR) is 88.8 cm³/mol. The van der Waals surface area contributed by atoms with Crippen molar-refractivity contribution < 1.29 is 13.9 Å². The molecule has 3 rings (SSSR count). The number of carbonyl (C=O) groups is 1. The fourth-order valence-electron chi connectivity index (χ4n) is 2.45. The van der Waals surface area contributed by atoms with Crippen molar-refractivity contribution >= 4 is 28.9 Å². The summed E-state index contributed by atoms with van der Waals surface area (Å²) >= 11 is 5.81. The van der Waals surface area contributed by atoms with E-state index in [1.165, 1.54) is 12.1 Å². The Morgan fingerprint density at radius 2 is 1.83 bits per heavy atom. The molecule has 23 heavy (non-hydrogen) atoms. The first-order valence-corrected chi connectivity index (χ1v) is 7.70. The van der Waals surface area contributed by atoms with E-state index in [9.17, 15) is 9.18 Å². The van der Waals surface area contributed by atoms with E-state index in [4.69, 9.17) is 16.3 Å². The molecule has 2 aromatic carbocycles. The van der Waals surface area contributed by atoms with Crippen LogP contribution in [0.25, 0.3) is 0 Å². The van der Waals surface area contributed by atoms with Gasteiger partial charge >= 0.3 is 0 Å². The second-order valence-electron chi connectivity index (χ2n) is 5.26. The van der Waals surface area contributed by atoms with Gasteiger partial charge in [0.2, 0.25) is 0 Å². The normalized spacial score (nSPS) is 14.6. The molecule has 1 aliphatic heterocycles. The fraction of sp³-hybridized carbons (Fsp3) is 0.235. The minimum atomic E-state index is -0.389. The average molecular weight is 335 g/mol. The summed E-state index contributed by atoms with van der Waals surface area (Å²) in [5, 5.41) is 3.28. The molecular formula is C17H16ClFN2O2. The molecule has 1 saturated heterocycles. The number of hydrogen-bond donors (Lipinski definition) is 1. The molecule has 0 radical (unpaired) electrons. The van der Waals surface area contributed by atoms with Gasteiger partial charge < -0.3 is 15.0 Å². The summed E-state index contributed by atoms with van der Waals surface area (Å²) in [6, 6.07) is 11.1. The number of halogens is 2. The lowest BCUT2D eigenvalue weighted by molar-refractivity contribution is 0.102. The molecule has 120 valence electrons. The Bertz CT molecular complexity index is 700. The Hall–Kier alpha value is -2.11. The number of carbonyl (C=O) groups excluding carboxylic acids is 1. The van der Waals surface area contributed by atoms with Gasteiger partial charge in [0.25, 0.3) is 5.91 Å². The third kappa shape index (κ3) is 4.00. The van der Waals surface area contributed by atoms with Crippen molar-refractivity contribution in [2.24, 2.45) is 0 Å². The molecule has 4 nitrogen and oxygen atoms in total. The van der Waals surface area contributed by atoms with Crippen molar-refractivity contribution in [3.8, 4) is 0 Å². The van der Waals surface area contributed by atoms with E-state index in [-0.39, 0.29) is 11.7 Å². The van der Waals surface area contributed by atoms with Crippen LogP contribution in [0.15, 0.2) is 42.5 Å². The molecule has 0 aromatic heterocycles. The van der Waals surface area contributed by atoms with Crippen LogP contribution in [0.4, 0.5) is 15.8 Å². The lowest BCUT2D eigenvalue weighted by atomic mass is 10.2. The lowest BCUT2D eigenvalue weighted by Gasteiger charge is -2.29. The Morgan fingerprint density at radius 3 is 2.52 bits per heavy atom. The van der Waals surface area contributed by atoms with E-state index in [0.717, 1.165) is 5.69 Å². The third-order valence-corrected chi connectivity index (χ3v) is 3.88. The molecule has 0 atom stereocenters. The van der Waals surface area contributed by atoms with Crippen LogP contribution < -0.4 is 10.2 Å². The van der Waals surface area contributed by atoms with E-state index in [1.54, 1.807) is 30.3 Å². The van der Waals surface area contributed by atoms with Gasteiger partial charge in [0.1, 0.15) is 5.82 Å². The number of ether oxygens (including phenoxy) is 1. The van der Waals surface area contributed by atoms with Crippen molar-refractivity contribution in [1.29, 1.82) is 0 Å². The van der Waals surface area contributed by atoms with Gasteiger partial charge in [0.15, 0.2) is 0 Å². The van der Waals surface area contributed by atoms with Crippen LogP contribution >= 0.6 is 11.6 Å². The van der Waals surface area contributed by atoms with Gasteiger partial charge in [-0.3, -0.25) is 4.79 Å². The van der Waals surface area contributed by atoms with E-state index in [0.29, 0.717) is 42.6 Å². The first-order chi connectivity index (χ1) is 11.1. The van der Waals surface area contributed by atoms with Gasteiger partial charge in [-0.2, -0.15) is 0 Å². The first kappa shape index (κ1) is 15.8. The highest BCUT2D eigenvalue weighted by Gasteiger charge is 2.14. The van der Waals surface area contributed by atoms with Crippen LogP contribution in [0.3, 0.4) is 0 Å². The zero-order valence-electron chi connectivity index (χ0n) is 12.4. The fourth-order valence-corrected chi connectivity index (χ4v) is 2.58. The second-order valence-corrected chi connectivity index (χ2v) is 5.69. The van der Waals surface area contributed by atoms with E-state index < -0.39 is 0 Å². The topological polar surface area (TPSA) is 41.6 Å². The van der Waals surface area contributed by atoms with Gasteiger partial charge in [-0.25, -0.2) is 4.39 Å². The molecule has 0 bridgehead atoms. The number of nitrogens with one attached hydrogen (secondary N) is 1. The van der Waals surface area contributed by atoms with Crippen LogP contribution in [0.2, 0.25) is 5.02 Å². The number of hydrogen-bond acceptors (Lipinski definition) is 3. The quantitative estimate of drug-likeness (QED) is 0.933. The molecule has 0 spiro atoms. The van der Waals surface area contributed by atoms with Crippen LogP contribution in [0.1, 0.15) is 10.4 Å². The molecule has 0 unspecified atom stereocenters.